The number of nitrogens with one attached hydrogen (secondary N) is 1. The Kier molecular flexibility index (Phi) is 3.99. The number of ether oxygens (including phenoxy) is 1. The zero-order chi connectivity index (χ0) is 17.9. The fourth-order valence-electron chi connectivity index (χ4n) is 2.55. The summed E-state index contributed by atoms with van der Waals surface area (Å²) in [5.41, 5.74) is 1.33. The highest BCUT2D eigenvalue weighted by Gasteiger charge is 2.09. The van der Waals surface area contributed by atoms with E-state index in [0.29, 0.717) is 16.7 Å². The molecule has 4 aromatic rings. The van der Waals surface area contributed by atoms with Crippen molar-refractivity contribution >= 4 is 22.4 Å². The molecule has 0 unspecified atom stereocenters. The van der Waals surface area contributed by atoms with Gasteiger partial charge in [-0.2, -0.15) is 0 Å². The number of aromatic hydroxyl groups is 2. The molecule has 0 atom stereocenters. The van der Waals surface area contributed by atoms with Gasteiger partial charge < -0.3 is 20.3 Å². The second-order valence-corrected chi connectivity index (χ2v) is 5.64. The van der Waals surface area contributed by atoms with Crippen LogP contribution in [-0.4, -0.2) is 20.2 Å². The molecule has 6 nitrogen and oxygen atoms in total. The molecule has 0 radical (unpaired) electrons. The van der Waals surface area contributed by atoms with Gasteiger partial charge in [0.15, 0.2) is 11.5 Å². The molecular formula is C20H15N3O3. The Bertz CT molecular complexity index is 1050. The summed E-state index contributed by atoms with van der Waals surface area (Å²) in [4.78, 5) is 8.32. The molecule has 0 bridgehead atoms. The van der Waals surface area contributed by atoms with Gasteiger partial charge in [-0.25, -0.2) is 9.97 Å². The summed E-state index contributed by atoms with van der Waals surface area (Å²) in [5, 5.41) is 23.1. The fourth-order valence-corrected chi connectivity index (χ4v) is 2.55. The number of phenolic OH excluding ortho intramolecular Hbond substituents is 2. The number of benzene rings is 3. The SMILES string of the molecule is Oc1cc2ncnc(Nc3ccc(Oc4ccccc4)cc3)c2cc1O. The van der Waals surface area contributed by atoms with Crippen LogP contribution < -0.4 is 10.1 Å². The number of hydrogen-bond donors (Lipinski definition) is 3. The molecule has 26 heavy (non-hydrogen) atoms. The van der Waals surface area contributed by atoms with Gasteiger partial charge in [-0.1, -0.05) is 18.2 Å². The van der Waals surface area contributed by atoms with E-state index in [4.69, 9.17) is 4.74 Å². The maximum Gasteiger partial charge on any atom is 0.159 e. The van der Waals surface area contributed by atoms with Crippen molar-refractivity contribution in [2.45, 2.75) is 0 Å². The highest BCUT2D eigenvalue weighted by Crippen LogP contribution is 2.33. The smallest absolute Gasteiger partial charge is 0.159 e. The summed E-state index contributed by atoms with van der Waals surface area (Å²) >= 11 is 0. The van der Waals surface area contributed by atoms with Crippen LogP contribution in [0.15, 0.2) is 73.1 Å². The van der Waals surface area contributed by atoms with Crippen molar-refractivity contribution in [3.63, 3.8) is 0 Å². The molecule has 0 saturated heterocycles. The van der Waals surface area contributed by atoms with E-state index in [-0.39, 0.29) is 11.5 Å². The average Bonchev–Trinajstić information content (AvgIpc) is 2.66. The molecule has 0 aliphatic rings. The van der Waals surface area contributed by atoms with E-state index in [0.717, 1.165) is 17.2 Å². The first kappa shape index (κ1) is 15.7. The second-order valence-electron chi connectivity index (χ2n) is 5.64. The Morgan fingerprint density at radius 3 is 2.23 bits per heavy atom. The maximum atomic E-state index is 9.73. The van der Waals surface area contributed by atoms with E-state index >= 15 is 0 Å². The Balaban J connectivity index is 1.58. The summed E-state index contributed by atoms with van der Waals surface area (Å²) in [6, 6.07) is 19.8. The maximum absolute atomic E-state index is 9.73. The van der Waals surface area contributed by atoms with E-state index in [2.05, 4.69) is 15.3 Å². The normalized spacial score (nSPS) is 10.6. The average molecular weight is 345 g/mol. The van der Waals surface area contributed by atoms with Crippen molar-refractivity contribution in [3.8, 4) is 23.0 Å². The summed E-state index contributed by atoms with van der Waals surface area (Å²) < 4.78 is 5.77. The van der Waals surface area contributed by atoms with Gasteiger partial charge in [0.25, 0.3) is 0 Å². The van der Waals surface area contributed by atoms with Crippen LogP contribution >= 0.6 is 0 Å². The molecule has 0 aliphatic carbocycles. The van der Waals surface area contributed by atoms with Crippen LogP contribution in [0.5, 0.6) is 23.0 Å². The molecule has 6 heteroatoms. The lowest BCUT2D eigenvalue weighted by molar-refractivity contribution is 0.405. The summed E-state index contributed by atoms with van der Waals surface area (Å²) in [5.74, 6) is 1.58. The minimum atomic E-state index is -0.220. The van der Waals surface area contributed by atoms with E-state index < -0.39 is 0 Å². The standard InChI is InChI=1S/C20H15N3O3/c24-18-10-16-17(11-19(18)25)21-12-22-20(16)23-13-6-8-15(9-7-13)26-14-4-2-1-3-5-14/h1-12,24-25H,(H,21,22,23). The lowest BCUT2D eigenvalue weighted by Crippen LogP contribution is -1.96. The number of para-hydroxylation sites is 1. The minimum Gasteiger partial charge on any atom is -0.504 e. The van der Waals surface area contributed by atoms with Gasteiger partial charge in [-0.15, -0.1) is 0 Å². The van der Waals surface area contributed by atoms with E-state index in [9.17, 15) is 10.2 Å². The first-order valence-corrected chi connectivity index (χ1v) is 7.96. The van der Waals surface area contributed by atoms with Crippen LogP contribution in [0.4, 0.5) is 11.5 Å². The monoisotopic (exact) mass is 345 g/mol. The molecule has 1 aromatic heterocycles. The van der Waals surface area contributed by atoms with Crippen molar-refractivity contribution in [1.82, 2.24) is 9.97 Å². The quantitative estimate of drug-likeness (QED) is 0.469. The van der Waals surface area contributed by atoms with Crippen LogP contribution in [0.2, 0.25) is 0 Å². The van der Waals surface area contributed by atoms with Gasteiger partial charge in [0.05, 0.1) is 5.52 Å². The second kappa shape index (κ2) is 6.60. The molecule has 0 spiro atoms. The molecule has 1 heterocycles. The number of fused-ring (bicyclic) bond motifs is 1. The minimum absolute atomic E-state index is 0.218. The number of anilines is 2. The zero-order valence-electron chi connectivity index (χ0n) is 13.6. The summed E-state index contributed by atoms with van der Waals surface area (Å²) in [7, 11) is 0. The molecule has 4 rings (SSSR count). The lowest BCUT2D eigenvalue weighted by Gasteiger charge is -2.10. The topological polar surface area (TPSA) is 87.5 Å². The molecule has 128 valence electrons. The number of hydrogen-bond acceptors (Lipinski definition) is 6. The van der Waals surface area contributed by atoms with Crippen molar-refractivity contribution < 1.29 is 14.9 Å². The third-order valence-corrected chi connectivity index (χ3v) is 3.83. The van der Waals surface area contributed by atoms with Crippen LogP contribution in [0.1, 0.15) is 0 Å². The summed E-state index contributed by atoms with van der Waals surface area (Å²) in [6.07, 6.45) is 1.40. The van der Waals surface area contributed by atoms with Gasteiger partial charge >= 0.3 is 0 Å². The zero-order valence-corrected chi connectivity index (χ0v) is 13.6. The molecule has 3 aromatic carbocycles. The van der Waals surface area contributed by atoms with Crippen molar-refractivity contribution in [1.29, 1.82) is 0 Å². The van der Waals surface area contributed by atoms with Gasteiger partial charge in [-0.3, -0.25) is 0 Å². The molecule has 0 saturated carbocycles. The van der Waals surface area contributed by atoms with E-state index in [1.54, 1.807) is 0 Å². The highest BCUT2D eigenvalue weighted by molar-refractivity contribution is 5.92. The Hall–Kier alpha value is -3.80. The van der Waals surface area contributed by atoms with E-state index in [1.807, 2.05) is 54.6 Å². The van der Waals surface area contributed by atoms with Crippen LogP contribution in [0.25, 0.3) is 10.9 Å². The first-order chi connectivity index (χ1) is 12.7. The number of phenols is 2. The van der Waals surface area contributed by atoms with Gasteiger partial charge in [-0.05, 0) is 42.5 Å². The molecule has 0 amide bonds. The highest BCUT2D eigenvalue weighted by atomic mass is 16.5. The summed E-state index contributed by atoms with van der Waals surface area (Å²) in [6.45, 7) is 0. The van der Waals surface area contributed by atoms with Crippen LogP contribution in [-0.2, 0) is 0 Å². The van der Waals surface area contributed by atoms with Gasteiger partial charge in [0.1, 0.15) is 23.6 Å². The fraction of sp³-hybridized carbons (Fsp3) is 0. The van der Waals surface area contributed by atoms with Crippen molar-refractivity contribution in [3.05, 3.63) is 73.1 Å². The van der Waals surface area contributed by atoms with Gasteiger partial charge in [0.2, 0.25) is 0 Å². The molecule has 0 aliphatic heterocycles. The van der Waals surface area contributed by atoms with E-state index in [1.165, 1.54) is 18.5 Å². The number of nitrogens with zero attached hydrogens (tertiary/aromatic N) is 2. The number of rotatable bonds is 4. The van der Waals surface area contributed by atoms with Crippen LogP contribution in [0, 0.1) is 0 Å². The molecule has 0 fully saturated rings. The van der Waals surface area contributed by atoms with Crippen molar-refractivity contribution in [2.24, 2.45) is 0 Å². The first-order valence-electron chi connectivity index (χ1n) is 7.96. The van der Waals surface area contributed by atoms with Crippen molar-refractivity contribution in [2.75, 3.05) is 5.32 Å². The predicted molar refractivity (Wildman–Crippen MR) is 99.1 cm³/mol. The molecular weight excluding hydrogens is 330 g/mol. The Labute approximate surface area is 149 Å². The Morgan fingerprint density at radius 1 is 0.769 bits per heavy atom. The largest absolute Gasteiger partial charge is 0.504 e. The molecule has 3 N–H and O–H groups in total. The lowest BCUT2D eigenvalue weighted by atomic mass is 10.2. The Morgan fingerprint density at radius 2 is 1.46 bits per heavy atom. The number of aromatic nitrogens is 2. The predicted octanol–water partition coefficient (Wildman–Crippen LogP) is 4.58. The third kappa shape index (κ3) is 3.21. The third-order valence-electron chi connectivity index (χ3n) is 3.83. The van der Waals surface area contributed by atoms with Crippen LogP contribution in [0.3, 0.4) is 0 Å². The van der Waals surface area contributed by atoms with Gasteiger partial charge in [0, 0.05) is 17.1 Å².